The predicted molar refractivity (Wildman–Crippen MR) is 172 cm³/mol. The number of Topliss-reactive ketones (excluding diaryl/α,β-unsaturated/α-hetero) is 2. The first-order chi connectivity index (χ1) is 21.0. The highest BCUT2D eigenvalue weighted by molar-refractivity contribution is 6.74. The fraction of sp³-hybridized carbons (Fsp3) is 0.486. The number of aryl methyl sites for hydroxylation is 1. The third kappa shape index (κ3) is 4.63. The van der Waals surface area contributed by atoms with E-state index < -0.39 is 42.9 Å². The number of carbonyl (C=O) groups is 2. The van der Waals surface area contributed by atoms with Gasteiger partial charge in [-0.3, -0.25) is 19.5 Å². The van der Waals surface area contributed by atoms with E-state index in [1.165, 1.54) is 0 Å². The van der Waals surface area contributed by atoms with Gasteiger partial charge in [0.05, 0.1) is 6.04 Å². The maximum atomic E-state index is 15.4. The van der Waals surface area contributed by atoms with Crippen LogP contribution in [-0.4, -0.2) is 59.7 Å². The first kappa shape index (κ1) is 31.4. The van der Waals surface area contributed by atoms with Gasteiger partial charge in [0.1, 0.15) is 17.9 Å². The van der Waals surface area contributed by atoms with Crippen molar-refractivity contribution >= 4 is 25.6 Å². The molecule has 238 valence electrons. The van der Waals surface area contributed by atoms with E-state index in [1.807, 2.05) is 76.3 Å². The van der Waals surface area contributed by atoms with Crippen LogP contribution < -0.4 is 4.74 Å². The quantitative estimate of drug-likeness (QED) is 0.237. The molecule has 0 spiro atoms. The molecule has 9 nitrogen and oxygen atoms in total. The highest BCUT2D eigenvalue weighted by atomic mass is 28.4. The molecule has 1 aromatic carbocycles. The third-order valence-corrected chi connectivity index (χ3v) is 15.0. The van der Waals surface area contributed by atoms with Gasteiger partial charge in [0.15, 0.2) is 19.7 Å². The van der Waals surface area contributed by atoms with Crippen LogP contribution in [0, 0.1) is 18.3 Å². The second-order valence-corrected chi connectivity index (χ2v) is 19.7. The number of pyridine rings is 1. The van der Waals surface area contributed by atoms with E-state index >= 15 is 9.59 Å². The molecule has 2 heterocycles. The van der Waals surface area contributed by atoms with E-state index in [4.69, 9.17) is 13.7 Å². The maximum absolute atomic E-state index is 15.4. The zero-order valence-electron chi connectivity index (χ0n) is 27.6. The number of hydrogen-bond acceptors (Lipinski definition) is 9. The van der Waals surface area contributed by atoms with Crippen LogP contribution in [0.25, 0.3) is 5.76 Å². The Kier molecular flexibility index (Phi) is 7.30. The third-order valence-electron chi connectivity index (χ3n) is 10.5. The van der Waals surface area contributed by atoms with Gasteiger partial charge in [-0.05, 0) is 73.8 Å². The molecule has 0 radical (unpaired) electrons. The maximum Gasteiger partial charge on any atom is 0.265 e. The lowest BCUT2D eigenvalue weighted by Gasteiger charge is -2.57. The van der Waals surface area contributed by atoms with Gasteiger partial charge in [-0.1, -0.05) is 58.0 Å². The van der Waals surface area contributed by atoms with Gasteiger partial charge < -0.3 is 18.8 Å². The predicted octanol–water partition coefficient (Wildman–Crippen LogP) is 6.64. The van der Waals surface area contributed by atoms with Gasteiger partial charge in [-0.15, -0.1) is 0 Å². The molecule has 0 amide bonds. The van der Waals surface area contributed by atoms with Gasteiger partial charge in [-0.25, -0.2) is 0 Å². The zero-order chi connectivity index (χ0) is 32.7. The minimum absolute atomic E-state index is 0.0394. The molecule has 1 N–H and O–H groups in total. The number of benzene rings is 1. The number of aliphatic hydroxyl groups is 1. The van der Waals surface area contributed by atoms with E-state index in [2.05, 4.69) is 30.9 Å². The molecule has 10 heteroatoms. The second kappa shape index (κ2) is 10.5. The molecule has 0 bridgehead atoms. The van der Waals surface area contributed by atoms with Crippen LogP contribution in [-0.2, 0) is 22.2 Å². The van der Waals surface area contributed by atoms with Gasteiger partial charge in [0, 0.05) is 34.9 Å². The Morgan fingerprint density at radius 1 is 1.09 bits per heavy atom. The number of ether oxygens (including phenoxy) is 1. The fourth-order valence-corrected chi connectivity index (χ4v) is 8.82. The van der Waals surface area contributed by atoms with Gasteiger partial charge >= 0.3 is 0 Å². The van der Waals surface area contributed by atoms with E-state index in [-0.39, 0.29) is 34.4 Å². The first-order valence-electron chi connectivity index (χ1n) is 15.5. The van der Waals surface area contributed by atoms with Crippen LogP contribution in [0.5, 0.6) is 5.88 Å². The van der Waals surface area contributed by atoms with Crippen molar-refractivity contribution in [3.63, 3.8) is 0 Å². The minimum atomic E-state index is -2.80. The summed E-state index contributed by atoms with van der Waals surface area (Å²) in [5.74, 6) is -1.30. The Morgan fingerprint density at radius 3 is 2.42 bits per heavy atom. The SMILES string of the molecule is Cc1cncc2c1C(O)=C1C(=O)[C@]3(O[Si](C)(C)C(C)(C)C)C(=O)c4c(OCc5ccccc5)noc4[C@@H](N(C)C)[C@@H]3C[C@]1(C)C2. The van der Waals surface area contributed by atoms with Crippen LogP contribution in [0.1, 0.15) is 78.5 Å². The summed E-state index contributed by atoms with van der Waals surface area (Å²) in [4.78, 5) is 37.0. The summed E-state index contributed by atoms with van der Waals surface area (Å²) < 4.78 is 19.2. The summed E-state index contributed by atoms with van der Waals surface area (Å²) in [6, 6.07) is 9.07. The molecule has 4 atom stereocenters. The second-order valence-electron chi connectivity index (χ2n) is 14.9. The Morgan fingerprint density at radius 2 is 1.78 bits per heavy atom. The highest BCUT2D eigenvalue weighted by Gasteiger charge is 2.70. The molecular formula is C35H43N3O6Si. The summed E-state index contributed by atoms with van der Waals surface area (Å²) >= 11 is 0. The lowest BCUT2D eigenvalue weighted by molar-refractivity contribution is -0.143. The summed E-state index contributed by atoms with van der Waals surface area (Å²) in [6.07, 6.45) is 4.34. The lowest BCUT2D eigenvalue weighted by Crippen LogP contribution is -2.69. The van der Waals surface area contributed by atoms with Crippen LogP contribution in [0.2, 0.25) is 18.1 Å². The van der Waals surface area contributed by atoms with Crippen LogP contribution in [0.4, 0.5) is 0 Å². The normalized spacial score (nSPS) is 26.4. The van der Waals surface area contributed by atoms with Crippen molar-refractivity contribution in [1.82, 2.24) is 15.0 Å². The molecule has 2 aromatic heterocycles. The molecule has 1 saturated carbocycles. The number of rotatable bonds is 6. The number of ketones is 2. The van der Waals surface area contributed by atoms with Crippen LogP contribution >= 0.6 is 0 Å². The molecule has 0 unspecified atom stereocenters. The highest BCUT2D eigenvalue weighted by Crippen LogP contribution is 2.62. The van der Waals surface area contributed by atoms with Crippen molar-refractivity contribution in [3.05, 3.63) is 81.9 Å². The summed E-state index contributed by atoms with van der Waals surface area (Å²) in [5.41, 5.74) is 0.854. The number of carbonyl (C=O) groups excluding carboxylic acids is 2. The fourth-order valence-electron chi connectivity index (χ4n) is 7.37. The molecule has 6 rings (SSSR count). The number of hydrogen-bond donors (Lipinski definition) is 1. The number of fused-ring (bicyclic) bond motifs is 4. The van der Waals surface area contributed by atoms with Crippen molar-refractivity contribution in [3.8, 4) is 5.88 Å². The molecule has 1 fully saturated rings. The first-order valence-corrected chi connectivity index (χ1v) is 18.4. The Balaban J connectivity index is 1.59. The van der Waals surface area contributed by atoms with Gasteiger partial charge in [-0.2, -0.15) is 0 Å². The summed E-state index contributed by atoms with van der Waals surface area (Å²) in [6.45, 7) is 14.4. The van der Waals surface area contributed by atoms with Crippen molar-refractivity contribution in [1.29, 1.82) is 0 Å². The molecule has 3 aliphatic rings. The van der Waals surface area contributed by atoms with Crippen LogP contribution in [0.3, 0.4) is 0 Å². The number of aliphatic hydroxyl groups excluding tert-OH is 1. The summed E-state index contributed by atoms with van der Waals surface area (Å²) in [7, 11) is 1.02. The monoisotopic (exact) mass is 629 g/mol. The topological polar surface area (TPSA) is 115 Å². The van der Waals surface area contributed by atoms with Crippen molar-refractivity contribution in [2.24, 2.45) is 11.3 Å². The molecular weight excluding hydrogens is 586 g/mol. The van der Waals surface area contributed by atoms with Crippen molar-refractivity contribution in [2.75, 3.05) is 14.1 Å². The van der Waals surface area contributed by atoms with E-state index in [0.717, 1.165) is 16.7 Å². The van der Waals surface area contributed by atoms with E-state index in [0.29, 0.717) is 24.2 Å². The van der Waals surface area contributed by atoms with Crippen molar-refractivity contribution < 1.29 is 28.4 Å². The number of nitrogens with zero attached hydrogens (tertiary/aromatic N) is 3. The van der Waals surface area contributed by atoms with E-state index in [1.54, 1.807) is 12.4 Å². The zero-order valence-corrected chi connectivity index (χ0v) is 28.6. The largest absolute Gasteiger partial charge is 0.507 e. The van der Waals surface area contributed by atoms with Crippen molar-refractivity contribution in [2.45, 2.75) is 83.8 Å². The average Bonchev–Trinajstić information content (AvgIpc) is 3.36. The molecule has 45 heavy (non-hydrogen) atoms. The average molecular weight is 630 g/mol. The summed E-state index contributed by atoms with van der Waals surface area (Å²) in [5, 5.41) is 15.9. The Labute approximate surface area is 265 Å². The van der Waals surface area contributed by atoms with Gasteiger partial charge in [0.25, 0.3) is 5.88 Å². The van der Waals surface area contributed by atoms with E-state index in [9.17, 15) is 5.11 Å². The minimum Gasteiger partial charge on any atom is -0.507 e. The smallest absolute Gasteiger partial charge is 0.265 e. The Hall–Kier alpha value is -3.60. The molecule has 0 aliphatic heterocycles. The van der Waals surface area contributed by atoms with Gasteiger partial charge in [0.2, 0.25) is 11.6 Å². The molecule has 3 aliphatic carbocycles. The molecule has 3 aromatic rings. The lowest BCUT2D eigenvalue weighted by atomic mass is 9.52. The number of aromatic nitrogens is 2. The standard InChI is InChI=1S/C35H43N3O6Si/c1-20-17-36-18-22-15-34(5)16-23-27(38(6)7)29-25(32(37-43-29)42-19-21-13-11-10-12-14-21)30(40)35(23,44-45(8,9)33(2,3)4)31(41)26(34)28(39)24(20)22/h10-14,17-18,23,27,39H,15-16,19H2,1-9H3/t23-,27-,34-,35+/m0/s1. The molecule has 0 saturated heterocycles. The van der Waals surface area contributed by atoms with Crippen LogP contribution in [0.15, 0.2) is 52.8 Å². The Bertz CT molecular complexity index is 1720.